The van der Waals surface area contributed by atoms with Gasteiger partial charge in [-0.05, 0) is 24.1 Å². The second-order valence-corrected chi connectivity index (χ2v) is 3.92. The molecule has 1 aromatic carbocycles. The molecule has 0 saturated heterocycles. The van der Waals surface area contributed by atoms with Crippen LogP contribution in [0.15, 0.2) is 18.2 Å². The smallest absolute Gasteiger partial charge is 0.338 e. The minimum absolute atomic E-state index is 0.260. The average molecular weight is 268 g/mol. The Morgan fingerprint density at radius 1 is 1.16 bits per heavy atom. The molecule has 0 aliphatic rings. The van der Waals surface area contributed by atoms with Gasteiger partial charge in [-0.1, -0.05) is 12.1 Å². The SMILES string of the molecule is COC(=O)c1cccc(C(O)C(O)C(=O)OC)c1C. The van der Waals surface area contributed by atoms with Gasteiger partial charge in [0.15, 0.2) is 6.10 Å². The molecule has 0 aliphatic heterocycles. The van der Waals surface area contributed by atoms with Crippen LogP contribution in [0, 0.1) is 6.92 Å². The monoisotopic (exact) mass is 268 g/mol. The highest BCUT2D eigenvalue weighted by Gasteiger charge is 2.28. The molecule has 0 heterocycles. The first-order chi connectivity index (χ1) is 8.93. The van der Waals surface area contributed by atoms with Crippen LogP contribution in [0.2, 0.25) is 0 Å². The molecule has 0 saturated carbocycles. The van der Waals surface area contributed by atoms with Crippen molar-refractivity contribution in [1.82, 2.24) is 0 Å². The Morgan fingerprint density at radius 2 is 1.79 bits per heavy atom. The van der Waals surface area contributed by atoms with Crippen molar-refractivity contribution in [2.24, 2.45) is 0 Å². The first-order valence-electron chi connectivity index (χ1n) is 5.55. The maximum atomic E-state index is 11.5. The van der Waals surface area contributed by atoms with Crippen molar-refractivity contribution in [1.29, 1.82) is 0 Å². The maximum Gasteiger partial charge on any atom is 0.338 e. The van der Waals surface area contributed by atoms with E-state index >= 15 is 0 Å². The number of ether oxygens (including phenoxy) is 2. The van der Waals surface area contributed by atoms with E-state index in [0.717, 1.165) is 7.11 Å². The van der Waals surface area contributed by atoms with Crippen LogP contribution in [-0.2, 0) is 14.3 Å². The highest BCUT2D eigenvalue weighted by Crippen LogP contribution is 2.24. The van der Waals surface area contributed by atoms with Crippen LogP contribution in [0.1, 0.15) is 27.6 Å². The lowest BCUT2D eigenvalue weighted by Crippen LogP contribution is -2.29. The van der Waals surface area contributed by atoms with Crippen molar-refractivity contribution in [3.8, 4) is 0 Å². The summed E-state index contributed by atoms with van der Waals surface area (Å²) in [5.74, 6) is -1.51. The molecule has 1 rings (SSSR count). The Morgan fingerprint density at radius 3 is 2.32 bits per heavy atom. The minimum Gasteiger partial charge on any atom is -0.467 e. The van der Waals surface area contributed by atoms with Crippen LogP contribution < -0.4 is 0 Å². The Bertz CT molecular complexity index is 482. The number of esters is 2. The van der Waals surface area contributed by atoms with Gasteiger partial charge in [0.1, 0.15) is 6.10 Å². The molecule has 0 radical (unpaired) electrons. The summed E-state index contributed by atoms with van der Waals surface area (Å²) in [5.41, 5.74) is 0.960. The lowest BCUT2D eigenvalue weighted by molar-refractivity contribution is -0.156. The zero-order valence-corrected chi connectivity index (χ0v) is 10.9. The summed E-state index contributed by atoms with van der Waals surface area (Å²) in [6.45, 7) is 1.59. The maximum absolute atomic E-state index is 11.5. The molecule has 0 fully saturated rings. The molecule has 2 atom stereocenters. The summed E-state index contributed by atoms with van der Waals surface area (Å²) in [7, 11) is 2.35. The summed E-state index contributed by atoms with van der Waals surface area (Å²) in [4.78, 5) is 22.7. The molecule has 0 aliphatic carbocycles. The van der Waals surface area contributed by atoms with Gasteiger partial charge < -0.3 is 19.7 Å². The molecule has 19 heavy (non-hydrogen) atoms. The van der Waals surface area contributed by atoms with Crippen molar-refractivity contribution < 1.29 is 29.3 Å². The van der Waals surface area contributed by atoms with E-state index in [9.17, 15) is 19.8 Å². The number of methoxy groups -OCH3 is 2. The lowest BCUT2D eigenvalue weighted by Gasteiger charge is -2.19. The Labute approximate surface area is 110 Å². The van der Waals surface area contributed by atoms with Crippen LogP contribution in [0.3, 0.4) is 0 Å². The predicted molar refractivity (Wildman–Crippen MR) is 65.5 cm³/mol. The van der Waals surface area contributed by atoms with Crippen molar-refractivity contribution in [2.45, 2.75) is 19.1 Å². The third-order valence-corrected chi connectivity index (χ3v) is 2.84. The van der Waals surface area contributed by atoms with Gasteiger partial charge in [-0.3, -0.25) is 0 Å². The van der Waals surface area contributed by atoms with E-state index < -0.39 is 24.1 Å². The second kappa shape index (κ2) is 6.31. The van der Waals surface area contributed by atoms with E-state index in [1.54, 1.807) is 6.92 Å². The number of carbonyl (C=O) groups excluding carboxylic acids is 2. The van der Waals surface area contributed by atoms with Gasteiger partial charge in [0.05, 0.1) is 19.8 Å². The van der Waals surface area contributed by atoms with Crippen LogP contribution >= 0.6 is 0 Å². The van der Waals surface area contributed by atoms with E-state index in [1.165, 1.54) is 25.3 Å². The van der Waals surface area contributed by atoms with E-state index in [1.807, 2.05) is 0 Å². The highest BCUT2D eigenvalue weighted by atomic mass is 16.5. The molecule has 0 amide bonds. The first-order valence-corrected chi connectivity index (χ1v) is 5.55. The van der Waals surface area contributed by atoms with Gasteiger partial charge >= 0.3 is 11.9 Å². The number of hydrogen-bond donors (Lipinski definition) is 2. The minimum atomic E-state index is -1.71. The molecule has 6 nitrogen and oxygen atoms in total. The quantitative estimate of drug-likeness (QED) is 0.765. The van der Waals surface area contributed by atoms with Gasteiger partial charge in [0.25, 0.3) is 0 Å². The second-order valence-electron chi connectivity index (χ2n) is 3.92. The Hall–Kier alpha value is -1.92. The number of carbonyl (C=O) groups is 2. The van der Waals surface area contributed by atoms with E-state index in [0.29, 0.717) is 5.56 Å². The molecule has 6 heteroatoms. The average Bonchev–Trinajstić information content (AvgIpc) is 2.44. The zero-order chi connectivity index (χ0) is 14.6. The lowest BCUT2D eigenvalue weighted by atomic mass is 9.95. The normalized spacial score (nSPS) is 13.5. The van der Waals surface area contributed by atoms with Gasteiger partial charge in [0, 0.05) is 0 Å². The molecular formula is C13H16O6. The highest BCUT2D eigenvalue weighted by molar-refractivity contribution is 5.91. The summed E-state index contributed by atoms with van der Waals surface area (Å²) in [6, 6.07) is 4.57. The third-order valence-electron chi connectivity index (χ3n) is 2.84. The number of hydrogen-bond acceptors (Lipinski definition) is 6. The van der Waals surface area contributed by atoms with E-state index in [4.69, 9.17) is 0 Å². The summed E-state index contributed by atoms with van der Waals surface area (Å²) in [5, 5.41) is 19.6. The van der Waals surface area contributed by atoms with Gasteiger partial charge in [0.2, 0.25) is 0 Å². The first kappa shape index (κ1) is 15.1. The van der Waals surface area contributed by atoms with Gasteiger partial charge in [-0.2, -0.15) is 0 Å². The molecule has 0 spiro atoms. The fraction of sp³-hybridized carbons (Fsp3) is 0.385. The number of aliphatic hydroxyl groups is 2. The summed E-state index contributed by atoms with van der Waals surface area (Å²) in [6.07, 6.45) is -3.19. The third kappa shape index (κ3) is 3.10. The molecule has 2 unspecified atom stereocenters. The van der Waals surface area contributed by atoms with E-state index in [2.05, 4.69) is 9.47 Å². The summed E-state index contributed by atoms with van der Waals surface area (Å²) >= 11 is 0. The molecule has 2 N–H and O–H groups in total. The summed E-state index contributed by atoms with van der Waals surface area (Å²) < 4.78 is 8.96. The standard InChI is InChI=1S/C13H16O6/c1-7-8(10(14)11(15)13(17)19-3)5-4-6-9(7)12(16)18-2/h4-6,10-11,14-15H,1-3H3. The number of benzene rings is 1. The van der Waals surface area contributed by atoms with Crippen molar-refractivity contribution in [3.05, 3.63) is 34.9 Å². The molecule has 0 aromatic heterocycles. The van der Waals surface area contributed by atoms with Crippen molar-refractivity contribution in [2.75, 3.05) is 14.2 Å². The van der Waals surface area contributed by atoms with Crippen molar-refractivity contribution in [3.63, 3.8) is 0 Å². The largest absolute Gasteiger partial charge is 0.467 e. The van der Waals surface area contributed by atoms with Crippen LogP contribution in [0.4, 0.5) is 0 Å². The van der Waals surface area contributed by atoms with Gasteiger partial charge in [-0.25, -0.2) is 9.59 Å². The topological polar surface area (TPSA) is 93.1 Å². The fourth-order valence-electron chi connectivity index (χ4n) is 1.72. The van der Waals surface area contributed by atoms with Gasteiger partial charge in [-0.15, -0.1) is 0 Å². The predicted octanol–water partition coefficient (Wildman–Crippen LogP) is 0.349. The Balaban J connectivity index is 3.14. The number of rotatable bonds is 4. The van der Waals surface area contributed by atoms with E-state index in [-0.39, 0.29) is 11.1 Å². The molecule has 1 aromatic rings. The van der Waals surface area contributed by atoms with Crippen LogP contribution in [-0.4, -0.2) is 42.5 Å². The molecular weight excluding hydrogens is 252 g/mol. The van der Waals surface area contributed by atoms with Crippen LogP contribution in [0.5, 0.6) is 0 Å². The fourth-order valence-corrected chi connectivity index (χ4v) is 1.72. The van der Waals surface area contributed by atoms with Crippen molar-refractivity contribution >= 4 is 11.9 Å². The molecule has 104 valence electrons. The molecule has 0 bridgehead atoms. The zero-order valence-electron chi connectivity index (χ0n) is 10.9. The Kier molecular flexibility index (Phi) is 5.02. The van der Waals surface area contributed by atoms with Crippen LogP contribution in [0.25, 0.3) is 0 Å². The number of aliphatic hydroxyl groups excluding tert-OH is 2.